The number of piperidine rings is 1. The molecule has 0 atom stereocenters. The Balaban J connectivity index is 1.49. The van der Waals surface area contributed by atoms with Gasteiger partial charge in [-0.2, -0.15) is 0 Å². The van der Waals surface area contributed by atoms with E-state index in [2.05, 4.69) is 44.3 Å². The molecule has 8 nitrogen and oxygen atoms in total. The van der Waals surface area contributed by atoms with E-state index < -0.39 is 0 Å². The van der Waals surface area contributed by atoms with Crippen molar-refractivity contribution in [1.29, 1.82) is 0 Å². The van der Waals surface area contributed by atoms with Crippen LogP contribution in [0.15, 0.2) is 47.6 Å². The molecule has 0 bridgehead atoms. The van der Waals surface area contributed by atoms with Gasteiger partial charge in [0.25, 0.3) is 5.91 Å². The highest BCUT2D eigenvalue weighted by molar-refractivity contribution is 5.98. The number of likely N-dealkylation sites (tertiary alicyclic amines) is 1. The molecule has 1 aliphatic rings. The highest BCUT2D eigenvalue weighted by atomic mass is 16.2. The lowest BCUT2D eigenvalue weighted by Gasteiger charge is -2.35. The van der Waals surface area contributed by atoms with Gasteiger partial charge in [0, 0.05) is 48.1 Å². The lowest BCUT2D eigenvalue weighted by atomic mass is 10.0. The molecule has 0 saturated carbocycles. The van der Waals surface area contributed by atoms with Crippen LogP contribution in [0.2, 0.25) is 0 Å². The second-order valence-corrected chi connectivity index (χ2v) is 8.42. The van der Waals surface area contributed by atoms with Crippen molar-refractivity contribution in [1.82, 2.24) is 24.8 Å². The molecule has 0 unspecified atom stereocenters. The summed E-state index contributed by atoms with van der Waals surface area (Å²) in [6.07, 6.45) is 7.38. The third kappa shape index (κ3) is 5.12. The van der Waals surface area contributed by atoms with Crippen LogP contribution in [0.4, 0.5) is 11.6 Å². The fourth-order valence-corrected chi connectivity index (χ4v) is 4.20. The van der Waals surface area contributed by atoms with Gasteiger partial charge in [-0.1, -0.05) is 6.08 Å². The van der Waals surface area contributed by atoms with Crippen LogP contribution in [0.25, 0.3) is 16.6 Å². The van der Waals surface area contributed by atoms with Gasteiger partial charge in [0.1, 0.15) is 5.69 Å². The monoisotopic (exact) mass is 445 g/mol. The average molecular weight is 446 g/mol. The zero-order valence-electron chi connectivity index (χ0n) is 19.7. The number of carbonyl (C=O) groups is 1. The molecule has 0 radical (unpaired) electrons. The maximum absolute atomic E-state index is 13.0. The molecule has 0 aliphatic carbocycles. The number of fused-ring (bicyclic) bond motifs is 1. The van der Waals surface area contributed by atoms with Crippen molar-refractivity contribution < 1.29 is 4.79 Å². The molecule has 2 aromatic heterocycles. The molecule has 2 N–H and O–H groups in total. The first-order valence-electron chi connectivity index (χ1n) is 11.3. The van der Waals surface area contributed by atoms with Crippen LogP contribution < -0.4 is 5.32 Å². The minimum absolute atomic E-state index is 0.0595. The number of benzene rings is 1. The summed E-state index contributed by atoms with van der Waals surface area (Å²) in [5.41, 5.74) is 3.95. The van der Waals surface area contributed by atoms with E-state index >= 15 is 0 Å². The lowest BCUT2D eigenvalue weighted by molar-refractivity contribution is 0.0658. The Morgan fingerprint density at radius 3 is 2.70 bits per heavy atom. The quantitative estimate of drug-likeness (QED) is 0.552. The van der Waals surface area contributed by atoms with Crippen molar-refractivity contribution >= 4 is 40.4 Å². The zero-order chi connectivity index (χ0) is 23.4. The second kappa shape index (κ2) is 9.95. The van der Waals surface area contributed by atoms with Gasteiger partial charge in [0.05, 0.1) is 11.4 Å². The Kier molecular flexibility index (Phi) is 6.84. The molecular weight excluding hydrogens is 414 g/mol. The van der Waals surface area contributed by atoms with E-state index in [1.165, 1.54) is 0 Å². The van der Waals surface area contributed by atoms with Gasteiger partial charge < -0.3 is 20.1 Å². The zero-order valence-corrected chi connectivity index (χ0v) is 19.7. The number of nitrogens with one attached hydrogen (secondary N) is 2. The fourth-order valence-electron chi connectivity index (χ4n) is 4.20. The number of rotatable bonds is 6. The number of aromatic nitrogens is 3. The lowest BCUT2D eigenvalue weighted by Crippen LogP contribution is -2.44. The summed E-state index contributed by atoms with van der Waals surface area (Å²) in [7, 11) is 4.20. The van der Waals surface area contributed by atoms with Crippen molar-refractivity contribution in [3.05, 3.63) is 54.0 Å². The first kappa shape index (κ1) is 22.7. The molecule has 4 rings (SSSR count). The SMILES string of the molecule is CC=N/C(=C\C)c1ccnc(Nc2ccc3[nH]c(C(=O)N4CCC(N(C)C)CC4)cc3c2)n1. The van der Waals surface area contributed by atoms with Crippen LogP contribution in [-0.4, -0.2) is 70.1 Å². The van der Waals surface area contributed by atoms with Crippen LogP contribution in [0.5, 0.6) is 0 Å². The van der Waals surface area contributed by atoms with E-state index in [0.717, 1.165) is 53.9 Å². The molecule has 1 aliphatic heterocycles. The van der Waals surface area contributed by atoms with Crippen LogP contribution in [-0.2, 0) is 0 Å². The van der Waals surface area contributed by atoms with Crippen molar-refractivity contribution in [3.8, 4) is 0 Å². The van der Waals surface area contributed by atoms with E-state index in [-0.39, 0.29) is 5.91 Å². The van der Waals surface area contributed by atoms with Gasteiger partial charge in [0.2, 0.25) is 5.95 Å². The summed E-state index contributed by atoms with van der Waals surface area (Å²) in [6, 6.07) is 10.2. The van der Waals surface area contributed by atoms with Crippen LogP contribution in [0, 0.1) is 0 Å². The summed E-state index contributed by atoms with van der Waals surface area (Å²) in [4.78, 5) is 33.8. The van der Waals surface area contributed by atoms with Gasteiger partial charge in [-0.15, -0.1) is 0 Å². The van der Waals surface area contributed by atoms with E-state index in [1.807, 2.05) is 55.2 Å². The number of nitrogens with zero attached hydrogens (tertiary/aromatic N) is 5. The Labute approximate surface area is 194 Å². The summed E-state index contributed by atoms with van der Waals surface area (Å²) in [5, 5.41) is 4.22. The standard InChI is InChI=1S/C25H31N7O/c1-5-20(26-6-2)22-9-12-27-25(30-22)28-18-7-8-21-17(15-18)16-23(29-21)24(33)32-13-10-19(11-14-32)31(3)4/h5-9,12,15-16,19,29H,10-11,13-14H2,1-4H3,(H,27,28,30)/b20-5-,26-6?. The Morgan fingerprint density at radius 2 is 2.00 bits per heavy atom. The van der Waals surface area contributed by atoms with Crippen molar-refractivity contribution in [3.63, 3.8) is 0 Å². The third-order valence-corrected chi connectivity index (χ3v) is 6.05. The number of hydrogen-bond acceptors (Lipinski definition) is 6. The molecule has 8 heteroatoms. The maximum Gasteiger partial charge on any atom is 0.270 e. The molecule has 172 valence electrons. The van der Waals surface area contributed by atoms with Gasteiger partial charge in [0.15, 0.2) is 0 Å². The molecule has 1 aromatic carbocycles. The molecule has 3 heterocycles. The third-order valence-electron chi connectivity index (χ3n) is 6.05. The number of anilines is 2. The number of allylic oxidation sites excluding steroid dienone is 1. The van der Waals surface area contributed by atoms with Crippen molar-refractivity contribution in [2.24, 2.45) is 4.99 Å². The Hall–Kier alpha value is -3.52. The van der Waals surface area contributed by atoms with E-state index in [9.17, 15) is 4.79 Å². The minimum atomic E-state index is 0.0595. The van der Waals surface area contributed by atoms with Gasteiger partial charge in [-0.25, -0.2) is 9.97 Å². The summed E-state index contributed by atoms with van der Waals surface area (Å²) in [5.74, 6) is 0.553. The number of hydrogen-bond donors (Lipinski definition) is 2. The molecule has 1 saturated heterocycles. The largest absolute Gasteiger partial charge is 0.351 e. The first-order valence-corrected chi connectivity index (χ1v) is 11.3. The number of carbonyl (C=O) groups excluding carboxylic acids is 1. The molecular formula is C25H31N7O. The molecule has 1 fully saturated rings. The minimum Gasteiger partial charge on any atom is -0.351 e. The van der Waals surface area contributed by atoms with Gasteiger partial charge >= 0.3 is 0 Å². The first-order chi connectivity index (χ1) is 16.0. The van der Waals surface area contributed by atoms with Crippen LogP contribution in [0.3, 0.4) is 0 Å². The highest BCUT2D eigenvalue weighted by Crippen LogP contribution is 2.24. The predicted molar refractivity (Wildman–Crippen MR) is 134 cm³/mol. The number of H-pyrrole nitrogens is 1. The Morgan fingerprint density at radius 1 is 1.21 bits per heavy atom. The van der Waals surface area contributed by atoms with E-state index in [4.69, 9.17) is 0 Å². The molecule has 1 amide bonds. The average Bonchev–Trinajstić information content (AvgIpc) is 3.25. The predicted octanol–water partition coefficient (Wildman–Crippen LogP) is 4.32. The number of aromatic amines is 1. The maximum atomic E-state index is 13.0. The second-order valence-electron chi connectivity index (χ2n) is 8.42. The number of amides is 1. The summed E-state index contributed by atoms with van der Waals surface area (Å²) < 4.78 is 0. The number of aliphatic imine (C=N–C) groups is 1. The van der Waals surface area contributed by atoms with E-state index in [1.54, 1.807) is 12.4 Å². The summed E-state index contributed by atoms with van der Waals surface area (Å²) >= 11 is 0. The van der Waals surface area contributed by atoms with Gasteiger partial charge in [-0.05, 0) is 71.1 Å². The van der Waals surface area contributed by atoms with Crippen molar-refractivity contribution in [2.75, 3.05) is 32.5 Å². The fraction of sp³-hybridized carbons (Fsp3) is 0.360. The van der Waals surface area contributed by atoms with Crippen LogP contribution in [0.1, 0.15) is 42.9 Å². The topological polar surface area (TPSA) is 89.5 Å². The molecule has 3 aromatic rings. The summed E-state index contributed by atoms with van der Waals surface area (Å²) in [6.45, 7) is 5.38. The molecule has 33 heavy (non-hydrogen) atoms. The van der Waals surface area contributed by atoms with E-state index in [0.29, 0.717) is 17.7 Å². The molecule has 0 spiro atoms. The highest BCUT2D eigenvalue weighted by Gasteiger charge is 2.25. The van der Waals surface area contributed by atoms with Crippen LogP contribution >= 0.6 is 0 Å². The smallest absolute Gasteiger partial charge is 0.270 e. The Bertz CT molecular complexity index is 1190. The van der Waals surface area contributed by atoms with Crippen molar-refractivity contribution in [2.45, 2.75) is 32.7 Å². The normalized spacial score (nSPS) is 15.7. The van der Waals surface area contributed by atoms with Gasteiger partial charge in [-0.3, -0.25) is 9.79 Å².